The number of para-hydroxylation sites is 2. The zero-order valence-electron chi connectivity index (χ0n) is 11.9. The SMILES string of the molecule is CC(C)n1c(NCc2ccccc2)nc2ccccc21. The molecule has 0 amide bonds. The second-order valence-electron chi connectivity index (χ2n) is 5.23. The van der Waals surface area contributed by atoms with E-state index in [1.54, 1.807) is 0 Å². The molecule has 102 valence electrons. The Morgan fingerprint density at radius 1 is 1.00 bits per heavy atom. The smallest absolute Gasteiger partial charge is 0.204 e. The number of rotatable bonds is 4. The van der Waals surface area contributed by atoms with Crippen LogP contribution in [0.25, 0.3) is 11.0 Å². The molecule has 3 aromatic rings. The molecule has 3 heteroatoms. The molecule has 0 saturated heterocycles. The van der Waals surface area contributed by atoms with E-state index < -0.39 is 0 Å². The van der Waals surface area contributed by atoms with Crippen LogP contribution in [-0.4, -0.2) is 9.55 Å². The van der Waals surface area contributed by atoms with E-state index in [2.05, 4.69) is 66.2 Å². The molecule has 0 aliphatic carbocycles. The Labute approximate surface area is 119 Å². The highest BCUT2D eigenvalue weighted by Crippen LogP contribution is 2.24. The maximum atomic E-state index is 4.70. The van der Waals surface area contributed by atoms with Crippen LogP contribution in [0.15, 0.2) is 54.6 Å². The van der Waals surface area contributed by atoms with Crippen molar-refractivity contribution in [3.63, 3.8) is 0 Å². The summed E-state index contributed by atoms with van der Waals surface area (Å²) in [6.07, 6.45) is 0. The Kier molecular flexibility index (Phi) is 3.42. The van der Waals surface area contributed by atoms with E-state index in [1.165, 1.54) is 11.1 Å². The average molecular weight is 265 g/mol. The summed E-state index contributed by atoms with van der Waals surface area (Å²) in [7, 11) is 0. The molecule has 2 aromatic carbocycles. The fraction of sp³-hybridized carbons (Fsp3) is 0.235. The Morgan fingerprint density at radius 3 is 2.45 bits per heavy atom. The Hall–Kier alpha value is -2.29. The van der Waals surface area contributed by atoms with Crippen LogP contribution < -0.4 is 5.32 Å². The Morgan fingerprint density at radius 2 is 1.70 bits per heavy atom. The van der Waals surface area contributed by atoms with Crippen LogP contribution in [-0.2, 0) is 6.54 Å². The van der Waals surface area contributed by atoms with E-state index in [4.69, 9.17) is 4.98 Å². The third kappa shape index (κ3) is 2.39. The van der Waals surface area contributed by atoms with E-state index in [9.17, 15) is 0 Å². The molecule has 0 spiro atoms. The van der Waals surface area contributed by atoms with Crippen LogP contribution in [0.4, 0.5) is 5.95 Å². The molecule has 0 atom stereocenters. The minimum atomic E-state index is 0.376. The Balaban J connectivity index is 1.93. The largest absolute Gasteiger partial charge is 0.352 e. The predicted octanol–water partition coefficient (Wildman–Crippen LogP) is 4.23. The van der Waals surface area contributed by atoms with Gasteiger partial charge in [-0.3, -0.25) is 0 Å². The first kappa shape index (κ1) is 12.7. The minimum Gasteiger partial charge on any atom is -0.352 e. The fourth-order valence-electron chi connectivity index (χ4n) is 2.47. The molecule has 0 saturated carbocycles. The number of nitrogens with zero attached hydrogens (tertiary/aromatic N) is 2. The van der Waals surface area contributed by atoms with Gasteiger partial charge in [-0.2, -0.15) is 0 Å². The van der Waals surface area contributed by atoms with Crippen molar-refractivity contribution in [2.45, 2.75) is 26.4 Å². The third-order valence-corrected chi connectivity index (χ3v) is 3.41. The van der Waals surface area contributed by atoms with Gasteiger partial charge in [0.15, 0.2) is 0 Å². The molecule has 1 aromatic heterocycles. The number of nitrogens with one attached hydrogen (secondary N) is 1. The summed E-state index contributed by atoms with van der Waals surface area (Å²) in [6.45, 7) is 5.15. The highest BCUT2D eigenvalue weighted by Gasteiger charge is 2.12. The van der Waals surface area contributed by atoms with Gasteiger partial charge in [0.1, 0.15) is 0 Å². The molecule has 0 aliphatic rings. The lowest BCUT2D eigenvalue weighted by Crippen LogP contribution is -2.09. The van der Waals surface area contributed by atoms with Crippen molar-refractivity contribution in [2.75, 3.05) is 5.32 Å². The number of benzene rings is 2. The molecule has 1 heterocycles. The summed E-state index contributed by atoms with van der Waals surface area (Å²) >= 11 is 0. The van der Waals surface area contributed by atoms with Crippen LogP contribution in [0.1, 0.15) is 25.5 Å². The van der Waals surface area contributed by atoms with Crippen LogP contribution in [0.2, 0.25) is 0 Å². The molecule has 3 rings (SSSR count). The van der Waals surface area contributed by atoms with Gasteiger partial charge in [0.2, 0.25) is 5.95 Å². The van der Waals surface area contributed by atoms with Gasteiger partial charge in [0.25, 0.3) is 0 Å². The lowest BCUT2D eigenvalue weighted by molar-refractivity contribution is 0.622. The molecular weight excluding hydrogens is 246 g/mol. The van der Waals surface area contributed by atoms with E-state index in [0.29, 0.717) is 6.04 Å². The number of hydrogen-bond acceptors (Lipinski definition) is 2. The number of hydrogen-bond donors (Lipinski definition) is 1. The maximum absolute atomic E-state index is 4.70. The van der Waals surface area contributed by atoms with E-state index in [1.807, 2.05) is 12.1 Å². The van der Waals surface area contributed by atoms with E-state index >= 15 is 0 Å². The third-order valence-electron chi connectivity index (χ3n) is 3.41. The van der Waals surface area contributed by atoms with Crippen molar-refractivity contribution in [3.8, 4) is 0 Å². The highest BCUT2D eigenvalue weighted by molar-refractivity contribution is 5.78. The van der Waals surface area contributed by atoms with Gasteiger partial charge >= 0.3 is 0 Å². The molecule has 20 heavy (non-hydrogen) atoms. The molecular formula is C17H19N3. The quantitative estimate of drug-likeness (QED) is 0.765. The van der Waals surface area contributed by atoms with E-state index in [-0.39, 0.29) is 0 Å². The standard InChI is InChI=1S/C17H19N3/c1-13(2)20-16-11-7-6-10-15(16)19-17(20)18-12-14-8-4-3-5-9-14/h3-11,13H,12H2,1-2H3,(H,18,19). The first-order valence-electron chi connectivity index (χ1n) is 7.00. The Bertz CT molecular complexity index is 699. The summed E-state index contributed by atoms with van der Waals surface area (Å²) in [6, 6.07) is 19.0. The molecule has 0 radical (unpaired) electrons. The van der Waals surface area contributed by atoms with Crippen molar-refractivity contribution < 1.29 is 0 Å². The second kappa shape index (κ2) is 5.37. The summed E-state index contributed by atoms with van der Waals surface area (Å²) in [4.78, 5) is 4.70. The average Bonchev–Trinajstić information content (AvgIpc) is 2.84. The van der Waals surface area contributed by atoms with Gasteiger partial charge in [0.05, 0.1) is 11.0 Å². The van der Waals surface area contributed by atoms with Gasteiger partial charge in [-0.05, 0) is 31.5 Å². The number of imidazole rings is 1. The van der Waals surface area contributed by atoms with Crippen molar-refractivity contribution in [1.29, 1.82) is 0 Å². The summed E-state index contributed by atoms with van der Waals surface area (Å²) in [5.74, 6) is 0.935. The predicted molar refractivity (Wildman–Crippen MR) is 83.9 cm³/mol. The van der Waals surface area contributed by atoms with Crippen molar-refractivity contribution >= 4 is 17.0 Å². The number of aromatic nitrogens is 2. The molecule has 0 bridgehead atoms. The first-order valence-corrected chi connectivity index (χ1v) is 7.00. The summed E-state index contributed by atoms with van der Waals surface area (Å²) < 4.78 is 2.25. The molecule has 0 unspecified atom stereocenters. The normalized spacial score (nSPS) is 11.2. The molecule has 1 N–H and O–H groups in total. The lowest BCUT2D eigenvalue weighted by atomic mass is 10.2. The monoisotopic (exact) mass is 265 g/mol. The minimum absolute atomic E-state index is 0.376. The zero-order valence-corrected chi connectivity index (χ0v) is 11.9. The van der Waals surface area contributed by atoms with Crippen LogP contribution >= 0.6 is 0 Å². The highest BCUT2D eigenvalue weighted by atomic mass is 15.2. The molecule has 0 aliphatic heterocycles. The maximum Gasteiger partial charge on any atom is 0.204 e. The summed E-state index contributed by atoms with van der Waals surface area (Å²) in [5.41, 5.74) is 3.48. The van der Waals surface area contributed by atoms with Crippen molar-refractivity contribution in [1.82, 2.24) is 9.55 Å². The lowest BCUT2D eigenvalue weighted by Gasteiger charge is -2.14. The molecule has 3 nitrogen and oxygen atoms in total. The number of fused-ring (bicyclic) bond motifs is 1. The zero-order chi connectivity index (χ0) is 13.9. The van der Waals surface area contributed by atoms with Crippen LogP contribution in [0, 0.1) is 0 Å². The second-order valence-corrected chi connectivity index (χ2v) is 5.23. The summed E-state index contributed by atoms with van der Waals surface area (Å²) in [5, 5.41) is 3.45. The van der Waals surface area contributed by atoms with Crippen LogP contribution in [0.5, 0.6) is 0 Å². The van der Waals surface area contributed by atoms with Gasteiger partial charge in [-0.1, -0.05) is 42.5 Å². The van der Waals surface area contributed by atoms with Gasteiger partial charge in [0, 0.05) is 12.6 Å². The van der Waals surface area contributed by atoms with Crippen LogP contribution in [0.3, 0.4) is 0 Å². The molecule has 0 fully saturated rings. The van der Waals surface area contributed by atoms with Gasteiger partial charge < -0.3 is 9.88 Å². The van der Waals surface area contributed by atoms with Gasteiger partial charge in [-0.15, -0.1) is 0 Å². The fourth-order valence-corrected chi connectivity index (χ4v) is 2.47. The first-order chi connectivity index (χ1) is 9.75. The van der Waals surface area contributed by atoms with E-state index in [0.717, 1.165) is 18.0 Å². The van der Waals surface area contributed by atoms with Gasteiger partial charge in [-0.25, -0.2) is 4.98 Å². The van der Waals surface area contributed by atoms with Crippen molar-refractivity contribution in [2.24, 2.45) is 0 Å². The topological polar surface area (TPSA) is 29.9 Å². The number of anilines is 1. The van der Waals surface area contributed by atoms with Crippen molar-refractivity contribution in [3.05, 3.63) is 60.2 Å².